The summed E-state index contributed by atoms with van der Waals surface area (Å²) in [6, 6.07) is 15.0. The first-order chi connectivity index (χ1) is 17.3. The van der Waals surface area contributed by atoms with Gasteiger partial charge in [0, 0.05) is 17.8 Å². The highest BCUT2D eigenvalue weighted by atomic mass is 19.2. The Labute approximate surface area is 201 Å². The van der Waals surface area contributed by atoms with Crippen LogP contribution in [-0.2, 0) is 13.2 Å². The maximum absolute atomic E-state index is 13.9. The van der Waals surface area contributed by atoms with Crippen LogP contribution in [0.1, 0.15) is 21.5 Å². The Balaban J connectivity index is 1.37. The number of nitrogens with zero attached hydrogens (tertiary/aromatic N) is 2. The third kappa shape index (κ3) is 5.29. The number of amides is 1. The lowest BCUT2D eigenvalue weighted by molar-refractivity contribution is 0.102. The van der Waals surface area contributed by atoms with E-state index < -0.39 is 47.1 Å². The largest absolute Gasteiger partial charge is 0.497 e. The number of nitrogens with one attached hydrogen (secondary N) is 1. The molecule has 0 spiro atoms. The summed E-state index contributed by atoms with van der Waals surface area (Å²) in [6.45, 7) is -0.457. The Morgan fingerprint density at radius 1 is 0.833 bits per heavy atom. The molecule has 0 aliphatic heterocycles. The van der Waals surface area contributed by atoms with Crippen molar-refractivity contribution in [1.29, 1.82) is 0 Å². The van der Waals surface area contributed by atoms with Crippen LogP contribution in [0, 0.1) is 29.1 Å². The number of anilines is 1. The molecule has 0 saturated carbocycles. The molecule has 0 saturated heterocycles. The molecule has 3 aromatic carbocycles. The van der Waals surface area contributed by atoms with Gasteiger partial charge in [-0.05, 0) is 42.0 Å². The molecule has 186 valence electrons. The molecule has 36 heavy (non-hydrogen) atoms. The minimum atomic E-state index is -2.24. The van der Waals surface area contributed by atoms with Crippen LogP contribution < -0.4 is 14.8 Å². The van der Waals surface area contributed by atoms with Crippen LogP contribution in [0.5, 0.6) is 11.5 Å². The minimum Gasteiger partial charge on any atom is -0.497 e. The number of methoxy groups -OCH3 is 1. The van der Waals surface area contributed by atoms with Gasteiger partial charge >= 0.3 is 0 Å². The molecule has 1 heterocycles. The molecule has 0 bridgehead atoms. The summed E-state index contributed by atoms with van der Waals surface area (Å²) in [4.78, 5) is 12.5. The number of carbonyl (C=O) groups excluding carboxylic acids is 1. The van der Waals surface area contributed by atoms with Crippen LogP contribution in [0.2, 0.25) is 0 Å². The summed E-state index contributed by atoms with van der Waals surface area (Å²) in [5.74, 6) is -9.33. The number of halogens is 5. The summed E-state index contributed by atoms with van der Waals surface area (Å²) < 4.78 is 79.5. The molecule has 11 heteroatoms. The fourth-order valence-electron chi connectivity index (χ4n) is 3.25. The van der Waals surface area contributed by atoms with E-state index in [2.05, 4.69) is 10.4 Å². The summed E-state index contributed by atoms with van der Waals surface area (Å²) in [6.07, 6.45) is 1.23. The van der Waals surface area contributed by atoms with E-state index in [0.29, 0.717) is 17.1 Å². The molecule has 0 aliphatic carbocycles. The lowest BCUT2D eigenvalue weighted by Crippen LogP contribution is -2.14. The number of carbonyl (C=O) groups is 1. The van der Waals surface area contributed by atoms with E-state index in [1.165, 1.54) is 12.3 Å². The lowest BCUT2D eigenvalue weighted by Gasteiger charge is -2.09. The van der Waals surface area contributed by atoms with Gasteiger partial charge in [-0.1, -0.05) is 12.1 Å². The van der Waals surface area contributed by atoms with Crippen molar-refractivity contribution in [3.8, 4) is 11.5 Å². The molecule has 0 unspecified atom stereocenters. The maximum atomic E-state index is 13.9. The van der Waals surface area contributed by atoms with Crippen LogP contribution in [-0.4, -0.2) is 22.8 Å². The van der Waals surface area contributed by atoms with E-state index in [0.717, 1.165) is 10.2 Å². The van der Waals surface area contributed by atoms with Crippen molar-refractivity contribution in [2.24, 2.45) is 0 Å². The van der Waals surface area contributed by atoms with Gasteiger partial charge in [0.1, 0.15) is 18.1 Å². The highest BCUT2D eigenvalue weighted by molar-refractivity contribution is 6.03. The quantitative estimate of drug-likeness (QED) is 0.197. The monoisotopic (exact) mass is 503 g/mol. The van der Waals surface area contributed by atoms with Gasteiger partial charge in [-0.2, -0.15) is 5.10 Å². The summed E-state index contributed by atoms with van der Waals surface area (Å²) >= 11 is 0. The van der Waals surface area contributed by atoms with Gasteiger partial charge in [0.2, 0.25) is 5.82 Å². The lowest BCUT2D eigenvalue weighted by atomic mass is 10.1. The van der Waals surface area contributed by atoms with Crippen molar-refractivity contribution >= 4 is 11.7 Å². The molecule has 4 aromatic rings. The van der Waals surface area contributed by atoms with Crippen molar-refractivity contribution in [2.75, 3.05) is 12.4 Å². The van der Waals surface area contributed by atoms with Gasteiger partial charge < -0.3 is 14.8 Å². The van der Waals surface area contributed by atoms with Crippen molar-refractivity contribution in [2.45, 2.75) is 13.2 Å². The van der Waals surface area contributed by atoms with E-state index in [9.17, 15) is 26.7 Å². The third-order valence-corrected chi connectivity index (χ3v) is 5.18. The van der Waals surface area contributed by atoms with E-state index in [4.69, 9.17) is 9.47 Å². The topological polar surface area (TPSA) is 65.4 Å². The molecule has 4 rings (SSSR count). The molecule has 0 fully saturated rings. The second-order valence-electron chi connectivity index (χ2n) is 7.56. The van der Waals surface area contributed by atoms with Crippen LogP contribution in [0.25, 0.3) is 0 Å². The predicted octanol–water partition coefficient (Wildman–Crippen LogP) is 5.47. The zero-order valence-electron chi connectivity index (χ0n) is 18.7. The van der Waals surface area contributed by atoms with Crippen LogP contribution >= 0.6 is 0 Å². The van der Waals surface area contributed by atoms with Crippen molar-refractivity contribution in [3.05, 3.63) is 107 Å². The number of benzene rings is 3. The summed E-state index contributed by atoms with van der Waals surface area (Å²) in [5, 5.41) is 6.42. The number of hydrogen-bond donors (Lipinski definition) is 1. The van der Waals surface area contributed by atoms with E-state index in [1.54, 1.807) is 55.6 Å². The van der Waals surface area contributed by atoms with Crippen LogP contribution in [0.4, 0.5) is 27.8 Å². The molecule has 0 radical (unpaired) electrons. The van der Waals surface area contributed by atoms with Crippen LogP contribution in [0.3, 0.4) is 0 Å². The SMILES string of the molecule is COc1ccc(OCc2ccc(C(=O)Nc3ccn(Cc4c(F)c(F)c(F)c(F)c4F)n3)cc2)cc1. The molecule has 1 amide bonds. The number of ether oxygens (including phenoxy) is 2. The standard InChI is InChI=1S/C25H18F5N3O3/c1-35-16-6-8-17(9-7-16)36-13-14-2-4-15(5-3-14)25(34)31-19-10-11-33(32-19)12-18-20(26)22(28)24(30)23(29)21(18)27/h2-11H,12-13H2,1H3,(H,31,32,34). The predicted molar refractivity (Wildman–Crippen MR) is 119 cm³/mol. The zero-order chi connectivity index (χ0) is 25.8. The molecule has 6 nitrogen and oxygen atoms in total. The maximum Gasteiger partial charge on any atom is 0.256 e. The average Bonchev–Trinajstić information content (AvgIpc) is 3.35. The van der Waals surface area contributed by atoms with Gasteiger partial charge in [-0.15, -0.1) is 0 Å². The highest BCUT2D eigenvalue weighted by Gasteiger charge is 2.26. The summed E-state index contributed by atoms with van der Waals surface area (Å²) in [7, 11) is 1.57. The molecule has 0 atom stereocenters. The first-order valence-electron chi connectivity index (χ1n) is 10.5. The van der Waals surface area contributed by atoms with E-state index in [1.807, 2.05) is 0 Å². The zero-order valence-corrected chi connectivity index (χ0v) is 18.7. The molecule has 0 aliphatic rings. The fraction of sp³-hybridized carbons (Fsp3) is 0.120. The van der Waals surface area contributed by atoms with Crippen LogP contribution in [0.15, 0.2) is 60.8 Å². The first kappa shape index (κ1) is 24.7. The Kier molecular flexibility index (Phi) is 7.18. The van der Waals surface area contributed by atoms with Gasteiger partial charge in [-0.3, -0.25) is 9.48 Å². The third-order valence-electron chi connectivity index (χ3n) is 5.18. The first-order valence-corrected chi connectivity index (χ1v) is 10.5. The molecular weight excluding hydrogens is 485 g/mol. The Morgan fingerprint density at radius 3 is 2.03 bits per heavy atom. The number of aromatic nitrogens is 2. The Hall–Kier alpha value is -4.41. The minimum absolute atomic E-state index is 0.0239. The highest BCUT2D eigenvalue weighted by Crippen LogP contribution is 2.24. The van der Waals surface area contributed by atoms with Gasteiger partial charge in [0.15, 0.2) is 29.1 Å². The number of rotatable bonds is 8. The summed E-state index contributed by atoms with van der Waals surface area (Å²) in [5.41, 5.74) is 0.0757. The normalized spacial score (nSPS) is 10.8. The Morgan fingerprint density at radius 2 is 1.42 bits per heavy atom. The van der Waals surface area contributed by atoms with Crippen molar-refractivity contribution in [1.82, 2.24) is 9.78 Å². The van der Waals surface area contributed by atoms with Gasteiger partial charge in [0.25, 0.3) is 5.91 Å². The smallest absolute Gasteiger partial charge is 0.256 e. The number of hydrogen-bond acceptors (Lipinski definition) is 4. The molecular formula is C25H18F5N3O3. The second kappa shape index (κ2) is 10.5. The van der Waals surface area contributed by atoms with E-state index in [-0.39, 0.29) is 12.4 Å². The van der Waals surface area contributed by atoms with Crippen molar-refractivity contribution in [3.63, 3.8) is 0 Å². The van der Waals surface area contributed by atoms with Gasteiger partial charge in [-0.25, -0.2) is 22.0 Å². The average molecular weight is 503 g/mol. The molecule has 1 N–H and O–H groups in total. The van der Waals surface area contributed by atoms with Crippen molar-refractivity contribution < 1.29 is 36.2 Å². The van der Waals surface area contributed by atoms with Gasteiger partial charge in [0.05, 0.1) is 19.2 Å². The molecule has 1 aromatic heterocycles. The van der Waals surface area contributed by atoms with E-state index >= 15 is 0 Å². The fourth-order valence-corrected chi connectivity index (χ4v) is 3.25. The Bertz CT molecular complexity index is 1360. The second-order valence-corrected chi connectivity index (χ2v) is 7.56.